The average molecular weight is 330 g/mol. The maximum atomic E-state index is 12.9. The fourth-order valence-corrected chi connectivity index (χ4v) is 3.88. The largest absolute Gasteiger partial charge is 0.383 e. The summed E-state index contributed by atoms with van der Waals surface area (Å²) in [6, 6.07) is 7.50. The molecule has 0 aromatic heterocycles. The lowest BCUT2D eigenvalue weighted by Gasteiger charge is -2.35. The molecule has 1 amide bonds. The van der Waals surface area contributed by atoms with Crippen molar-refractivity contribution in [2.24, 2.45) is 5.92 Å². The zero-order valence-electron chi connectivity index (χ0n) is 14.5. The van der Waals surface area contributed by atoms with Gasteiger partial charge in [0.1, 0.15) is 0 Å². The second-order valence-electron chi connectivity index (χ2n) is 6.93. The number of ether oxygens (including phenoxy) is 1. The van der Waals surface area contributed by atoms with E-state index in [-0.39, 0.29) is 11.7 Å². The van der Waals surface area contributed by atoms with E-state index in [1.54, 1.807) is 25.3 Å². The van der Waals surface area contributed by atoms with Crippen molar-refractivity contribution in [3.05, 3.63) is 35.4 Å². The van der Waals surface area contributed by atoms with Gasteiger partial charge in [0.15, 0.2) is 5.78 Å². The maximum Gasteiger partial charge on any atom is 0.253 e. The quantitative estimate of drug-likeness (QED) is 0.776. The molecule has 3 fully saturated rings. The van der Waals surface area contributed by atoms with Gasteiger partial charge in [-0.2, -0.15) is 0 Å². The van der Waals surface area contributed by atoms with Crippen LogP contribution in [0, 0.1) is 5.92 Å². The number of methoxy groups -OCH3 is 1. The number of amides is 1. The van der Waals surface area contributed by atoms with Crippen molar-refractivity contribution < 1.29 is 14.3 Å². The van der Waals surface area contributed by atoms with Crippen LogP contribution in [0.4, 0.5) is 0 Å². The Morgan fingerprint density at radius 2 is 1.96 bits per heavy atom. The highest BCUT2D eigenvalue weighted by Crippen LogP contribution is 2.28. The molecule has 1 aromatic carbocycles. The summed E-state index contributed by atoms with van der Waals surface area (Å²) in [6.45, 7) is 5.82. The number of piperidine rings is 1. The topological polar surface area (TPSA) is 49.9 Å². The van der Waals surface area contributed by atoms with Crippen molar-refractivity contribution in [3.8, 4) is 0 Å². The van der Waals surface area contributed by atoms with Crippen molar-refractivity contribution in [2.75, 3.05) is 39.9 Å². The summed E-state index contributed by atoms with van der Waals surface area (Å²) in [5, 5.41) is 0. The highest BCUT2D eigenvalue weighted by atomic mass is 16.5. The van der Waals surface area contributed by atoms with Gasteiger partial charge in [0.25, 0.3) is 5.91 Å². The number of nitrogens with zero attached hydrogens (tertiary/aromatic N) is 2. The Morgan fingerprint density at radius 3 is 2.71 bits per heavy atom. The highest BCUT2D eigenvalue weighted by molar-refractivity contribution is 5.99. The number of Topliss-reactive ketones (excluding diaryl/α,β-unsaturated/α-hetero) is 1. The van der Waals surface area contributed by atoms with Crippen LogP contribution in [0.25, 0.3) is 0 Å². The van der Waals surface area contributed by atoms with Gasteiger partial charge in [-0.15, -0.1) is 0 Å². The molecule has 130 valence electrons. The van der Waals surface area contributed by atoms with Crippen LogP contribution >= 0.6 is 0 Å². The predicted molar refractivity (Wildman–Crippen MR) is 92.3 cm³/mol. The van der Waals surface area contributed by atoms with Crippen LogP contribution in [0.2, 0.25) is 0 Å². The highest BCUT2D eigenvalue weighted by Gasteiger charge is 2.36. The molecule has 5 heteroatoms. The zero-order chi connectivity index (χ0) is 17.1. The molecule has 2 atom stereocenters. The second kappa shape index (κ2) is 7.45. The first-order chi connectivity index (χ1) is 11.6. The van der Waals surface area contributed by atoms with Crippen LogP contribution < -0.4 is 0 Å². The molecule has 0 saturated carbocycles. The molecule has 24 heavy (non-hydrogen) atoms. The fourth-order valence-electron chi connectivity index (χ4n) is 3.88. The van der Waals surface area contributed by atoms with E-state index in [2.05, 4.69) is 4.90 Å². The van der Waals surface area contributed by atoms with Gasteiger partial charge < -0.3 is 9.64 Å². The minimum Gasteiger partial charge on any atom is -0.383 e. The number of rotatable bonds is 5. The molecule has 0 radical (unpaired) electrons. The molecule has 0 spiro atoms. The summed E-state index contributed by atoms with van der Waals surface area (Å²) in [5.74, 6) is 0.565. The lowest BCUT2D eigenvalue weighted by Crippen LogP contribution is -2.45. The first-order valence-corrected chi connectivity index (χ1v) is 8.71. The van der Waals surface area contributed by atoms with Crippen molar-refractivity contribution in [2.45, 2.75) is 25.8 Å². The average Bonchev–Trinajstić information content (AvgIpc) is 2.91. The fraction of sp³-hybridized carbons (Fsp3) is 0.579. The number of ketones is 1. The maximum absolute atomic E-state index is 12.9. The smallest absolute Gasteiger partial charge is 0.253 e. The van der Waals surface area contributed by atoms with E-state index in [0.29, 0.717) is 23.1 Å². The lowest BCUT2D eigenvalue weighted by molar-refractivity contribution is 0.0717. The van der Waals surface area contributed by atoms with Crippen molar-refractivity contribution >= 4 is 11.7 Å². The van der Waals surface area contributed by atoms with Crippen LogP contribution in [-0.2, 0) is 4.74 Å². The van der Waals surface area contributed by atoms with Gasteiger partial charge in [0, 0.05) is 50.5 Å². The van der Waals surface area contributed by atoms with Gasteiger partial charge in [-0.1, -0.05) is 12.1 Å². The third kappa shape index (κ3) is 3.68. The summed E-state index contributed by atoms with van der Waals surface area (Å²) >= 11 is 0. The van der Waals surface area contributed by atoms with E-state index in [1.165, 1.54) is 13.3 Å². The molecule has 3 aliphatic heterocycles. The molecule has 0 N–H and O–H groups in total. The van der Waals surface area contributed by atoms with Gasteiger partial charge in [-0.05, 0) is 37.8 Å². The number of carbonyl (C=O) groups excluding carboxylic acids is 2. The third-order valence-electron chi connectivity index (χ3n) is 5.21. The molecule has 2 bridgehead atoms. The van der Waals surface area contributed by atoms with Crippen LogP contribution in [0.3, 0.4) is 0 Å². The van der Waals surface area contributed by atoms with Crippen LogP contribution in [0.15, 0.2) is 24.3 Å². The number of carbonyl (C=O) groups is 2. The van der Waals surface area contributed by atoms with Crippen molar-refractivity contribution in [1.82, 2.24) is 9.80 Å². The molecule has 1 aromatic rings. The van der Waals surface area contributed by atoms with Crippen LogP contribution in [0.5, 0.6) is 0 Å². The third-order valence-corrected chi connectivity index (χ3v) is 5.21. The first kappa shape index (κ1) is 17.1. The van der Waals surface area contributed by atoms with E-state index >= 15 is 0 Å². The number of hydrogen-bond acceptors (Lipinski definition) is 4. The molecule has 0 aliphatic carbocycles. The molecule has 4 rings (SSSR count). The standard InChI is InChI=1S/C19H26N2O3/c1-14(22)16-4-3-5-17(10-16)19(23)21-12-15-6-7-18(13-21)20(11-15)8-9-24-2/h3-5,10,15,18H,6-9,11-13H2,1-2H3/t15-,18-/m1/s1. The SMILES string of the molecule is COCCN1C[C@H]2CC[C@@H]1CN(C(=O)c1cccc(C(C)=O)c1)C2. The van der Waals surface area contributed by atoms with Crippen LogP contribution in [0.1, 0.15) is 40.5 Å². The first-order valence-electron chi connectivity index (χ1n) is 8.71. The molecule has 3 aliphatic rings. The second-order valence-corrected chi connectivity index (χ2v) is 6.93. The monoisotopic (exact) mass is 330 g/mol. The molecule has 3 saturated heterocycles. The summed E-state index contributed by atoms with van der Waals surface area (Å²) in [4.78, 5) is 29.0. The summed E-state index contributed by atoms with van der Waals surface area (Å²) in [7, 11) is 1.73. The Kier molecular flexibility index (Phi) is 5.31. The molecule has 0 unspecified atom stereocenters. The van der Waals surface area contributed by atoms with Crippen molar-refractivity contribution in [3.63, 3.8) is 0 Å². The lowest BCUT2D eigenvalue weighted by atomic mass is 9.95. The van der Waals surface area contributed by atoms with Gasteiger partial charge in [0.2, 0.25) is 0 Å². The Balaban J connectivity index is 1.74. The minimum atomic E-state index is -0.00803. The van der Waals surface area contributed by atoms with E-state index in [4.69, 9.17) is 4.74 Å². The molecular formula is C19H26N2O3. The van der Waals surface area contributed by atoms with Gasteiger partial charge in [0.05, 0.1) is 6.61 Å². The van der Waals surface area contributed by atoms with Gasteiger partial charge in [-0.25, -0.2) is 0 Å². The number of fused-ring (bicyclic) bond motifs is 4. The zero-order valence-corrected chi connectivity index (χ0v) is 14.5. The number of hydrogen-bond donors (Lipinski definition) is 0. The Labute approximate surface area is 143 Å². The Morgan fingerprint density at radius 1 is 1.17 bits per heavy atom. The normalized spacial score (nSPS) is 24.0. The summed E-state index contributed by atoms with van der Waals surface area (Å²) in [5.41, 5.74) is 1.22. The van der Waals surface area contributed by atoms with Crippen LogP contribution in [-0.4, -0.2) is 67.4 Å². The van der Waals surface area contributed by atoms with E-state index in [0.717, 1.165) is 39.2 Å². The van der Waals surface area contributed by atoms with E-state index in [1.807, 2.05) is 11.0 Å². The predicted octanol–water partition coefficient (Wildman–Crippen LogP) is 2.07. The minimum absolute atomic E-state index is 0.00803. The van der Waals surface area contributed by atoms with E-state index < -0.39 is 0 Å². The summed E-state index contributed by atoms with van der Waals surface area (Å²) < 4.78 is 5.22. The van der Waals surface area contributed by atoms with Gasteiger partial charge in [-0.3, -0.25) is 14.5 Å². The summed E-state index contributed by atoms with van der Waals surface area (Å²) in [6.07, 6.45) is 2.33. The molecule has 3 heterocycles. The van der Waals surface area contributed by atoms with Crippen molar-refractivity contribution in [1.29, 1.82) is 0 Å². The molecule has 5 nitrogen and oxygen atoms in total. The van der Waals surface area contributed by atoms with Gasteiger partial charge >= 0.3 is 0 Å². The Hall–Kier alpha value is -1.72. The molecular weight excluding hydrogens is 304 g/mol. The van der Waals surface area contributed by atoms with E-state index in [9.17, 15) is 9.59 Å². The Bertz CT molecular complexity index is 616. The number of benzene rings is 1.